The van der Waals surface area contributed by atoms with E-state index in [4.69, 9.17) is 4.74 Å². The summed E-state index contributed by atoms with van der Waals surface area (Å²) in [5, 5.41) is 0. The molecule has 0 bridgehead atoms. The van der Waals surface area contributed by atoms with Gasteiger partial charge in [-0.3, -0.25) is 0 Å². The lowest BCUT2D eigenvalue weighted by Gasteiger charge is -2.06. The van der Waals surface area contributed by atoms with E-state index in [1.807, 2.05) is 13.8 Å². The number of nitrogens with zero attached hydrogens (tertiary/aromatic N) is 1. The van der Waals surface area contributed by atoms with Gasteiger partial charge in [0.25, 0.3) is 0 Å². The Morgan fingerprint density at radius 2 is 1.78 bits per heavy atom. The summed E-state index contributed by atoms with van der Waals surface area (Å²) in [6.45, 7) is 5.53. The van der Waals surface area contributed by atoms with Crippen LogP contribution in [0.2, 0.25) is 0 Å². The predicted molar refractivity (Wildman–Crippen MR) is 35.2 cm³/mol. The quantitative estimate of drug-likeness (QED) is 0.426. The zero-order chi connectivity index (χ0) is 7.44. The smallest absolute Gasteiger partial charge is 0.302 e. The summed E-state index contributed by atoms with van der Waals surface area (Å²) in [6, 6.07) is 0. The van der Waals surface area contributed by atoms with Crippen LogP contribution in [0.25, 0.3) is 0 Å². The predicted octanol–water partition coefficient (Wildman–Crippen LogP) is 1.17. The van der Waals surface area contributed by atoms with Crippen molar-refractivity contribution >= 4 is 0 Å². The molecule has 0 aromatic carbocycles. The van der Waals surface area contributed by atoms with Gasteiger partial charge in [-0.05, 0) is 13.8 Å². The molecule has 0 N–H and O–H groups in total. The zero-order valence-electron chi connectivity index (χ0n) is 6.42. The van der Waals surface area contributed by atoms with E-state index in [0.717, 1.165) is 4.76 Å². The molecule has 0 rings (SSSR count). The number of rotatable bonds is 3. The lowest BCUT2D eigenvalue weighted by atomic mass is 10.5. The fourth-order valence-electron chi connectivity index (χ4n) is 0.480. The maximum atomic E-state index is 10.5. The van der Waals surface area contributed by atoms with Crippen molar-refractivity contribution in [1.82, 2.24) is 0 Å². The average molecular weight is 132 g/mol. The standard InChI is InChI=1S/C6H14NO2/c1-5(2)9-6(3)7(4)8/h5-6H,1-4H3/q+1. The molecular formula is C6H14NO2+. The van der Waals surface area contributed by atoms with E-state index < -0.39 is 0 Å². The Balaban J connectivity index is 3.50. The third-order valence-corrected chi connectivity index (χ3v) is 0.981. The Bertz CT molecular complexity index is 101. The maximum absolute atomic E-state index is 10.5. The number of hydrogen-bond acceptors (Lipinski definition) is 2. The second-order valence-electron chi connectivity index (χ2n) is 2.33. The molecule has 1 unspecified atom stereocenters. The van der Waals surface area contributed by atoms with Gasteiger partial charge in [-0.25, -0.2) is 0 Å². The van der Waals surface area contributed by atoms with Crippen molar-refractivity contribution in [1.29, 1.82) is 0 Å². The van der Waals surface area contributed by atoms with Crippen molar-refractivity contribution in [3.8, 4) is 0 Å². The van der Waals surface area contributed by atoms with Gasteiger partial charge in [0.05, 0.1) is 6.10 Å². The van der Waals surface area contributed by atoms with Gasteiger partial charge < -0.3 is 4.74 Å². The third-order valence-electron chi connectivity index (χ3n) is 0.981. The molecule has 54 valence electrons. The van der Waals surface area contributed by atoms with E-state index in [0.29, 0.717) is 0 Å². The number of hydrogen-bond donors (Lipinski definition) is 0. The largest absolute Gasteiger partial charge is 0.316 e. The monoisotopic (exact) mass is 132 g/mol. The van der Waals surface area contributed by atoms with E-state index in [2.05, 4.69) is 0 Å². The Kier molecular flexibility index (Phi) is 3.39. The first-order chi connectivity index (χ1) is 4.04. The van der Waals surface area contributed by atoms with Crippen molar-refractivity contribution < 1.29 is 9.50 Å². The SMILES string of the molecule is CC(C)OC(C)[N+](C)=O. The molecule has 1 atom stereocenters. The molecule has 0 aliphatic carbocycles. The summed E-state index contributed by atoms with van der Waals surface area (Å²) in [5.74, 6) is 0. The molecule has 3 heteroatoms. The van der Waals surface area contributed by atoms with E-state index in [-0.39, 0.29) is 12.3 Å². The van der Waals surface area contributed by atoms with Crippen LogP contribution >= 0.6 is 0 Å². The molecule has 0 radical (unpaired) electrons. The molecule has 0 saturated heterocycles. The normalized spacial score (nSPS) is 13.9. The Hall–Kier alpha value is -0.440. The van der Waals surface area contributed by atoms with Crippen LogP contribution in [0.1, 0.15) is 20.8 Å². The highest BCUT2D eigenvalue weighted by Crippen LogP contribution is 1.95. The number of ether oxygens (including phenoxy) is 1. The zero-order valence-corrected chi connectivity index (χ0v) is 6.42. The van der Waals surface area contributed by atoms with Gasteiger partial charge in [-0.1, -0.05) is 0 Å². The summed E-state index contributed by atoms with van der Waals surface area (Å²) in [7, 11) is 1.45. The minimum absolute atomic E-state index is 0.122. The average Bonchev–Trinajstić information content (AvgIpc) is 1.63. The Labute approximate surface area is 55.6 Å². The molecule has 0 spiro atoms. The molecule has 0 aliphatic heterocycles. The molecular weight excluding hydrogens is 118 g/mol. The van der Waals surface area contributed by atoms with Crippen LogP contribution in [-0.4, -0.2) is 24.1 Å². The van der Waals surface area contributed by atoms with Crippen LogP contribution in [0, 0.1) is 4.91 Å². The summed E-state index contributed by atoms with van der Waals surface area (Å²) in [5.41, 5.74) is 0. The lowest BCUT2D eigenvalue weighted by molar-refractivity contribution is -0.605. The van der Waals surface area contributed by atoms with Crippen LogP contribution in [0.4, 0.5) is 0 Å². The molecule has 0 heterocycles. The molecule has 0 aliphatic rings. The molecule has 0 amide bonds. The molecule has 0 fully saturated rings. The highest BCUT2D eigenvalue weighted by atomic mass is 16.5. The Morgan fingerprint density at radius 3 is 1.89 bits per heavy atom. The van der Waals surface area contributed by atoms with Gasteiger partial charge in [0, 0.05) is 16.6 Å². The van der Waals surface area contributed by atoms with Crippen molar-refractivity contribution in [2.24, 2.45) is 0 Å². The Morgan fingerprint density at radius 1 is 1.33 bits per heavy atom. The molecule has 0 saturated carbocycles. The first-order valence-corrected chi connectivity index (χ1v) is 3.09. The molecule has 0 aromatic rings. The summed E-state index contributed by atoms with van der Waals surface area (Å²) >= 11 is 0. The van der Waals surface area contributed by atoms with E-state index in [9.17, 15) is 4.91 Å². The van der Waals surface area contributed by atoms with Crippen LogP contribution in [0.15, 0.2) is 0 Å². The van der Waals surface area contributed by atoms with Gasteiger partial charge in [0.1, 0.15) is 0 Å². The van der Waals surface area contributed by atoms with Crippen LogP contribution in [-0.2, 0) is 4.74 Å². The van der Waals surface area contributed by atoms with Crippen molar-refractivity contribution in [3.05, 3.63) is 4.91 Å². The molecule has 9 heavy (non-hydrogen) atoms. The van der Waals surface area contributed by atoms with Crippen LogP contribution < -0.4 is 0 Å². The van der Waals surface area contributed by atoms with E-state index in [1.165, 1.54) is 7.05 Å². The third kappa shape index (κ3) is 4.09. The van der Waals surface area contributed by atoms with Crippen molar-refractivity contribution in [2.75, 3.05) is 7.05 Å². The summed E-state index contributed by atoms with van der Waals surface area (Å²) in [6.07, 6.45) is -0.207. The highest BCUT2D eigenvalue weighted by molar-refractivity contribution is 4.35. The topological polar surface area (TPSA) is 29.3 Å². The van der Waals surface area contributed by atoms with Crippen molar-refractivity contribution in [3.63, 3.8) is 0 Å². The first-order valence-electron chi connectivity index (χ1n) is 3.09. The van der Waals surface area contributed by atoms with Gasteiger partial charge in [-0.2, -0.15) is 0 Å². The summed E-state index contributed by atoms with van der Waals surface area (Å²) in [4.78, 5) is 10.5. The summed E-state index contributed by atoms with van der Waals surface area (Å²) < 4.78 is 5.92. The minimum Gasteiger partial charge on any atom is -0.316 e. The highest BCUT2D eigenvalue weighted by Gasteiger charge is 2.14. The fraction of sp³-hybridized carbons (Fsp3) is 1.00. The second-order valence-corrected chi connectivity index (χ2v) is 2.33. The van der Waals surface area contributed by atoms with Crippen LogP contribution in [0.3, 0.4) is 0 Å². The van der Waals surface area contributed by atoms with Gasteiger partial charge in [0.2, 0.25) is 0 Å². The van der Waals surface area contributed by atoms with Crippen molar-refractivity contribution in [2.45, 2.75) is 33.1 Å². The maximum Gasteiger partial charge on any atom is 0.302 e. The fourth-order valence-corrected chi connectivity index (χ4v) is 0.480. The molecule has 3 nitrogen and oxygen atoms in total. The van der Waals surface area contributed by atoms with Gasteiger partial charge >= 0.3 is 6.23 Å². The lowest BCUT2D eigenvalue weighted by Crippen LogP contribution is -2.23. The number of nitroso groups, excluding NO2 is 1. The van der Waals surface area contributed by atoms with Gasteiger partial charge in [-0.15, -0.1) is 0 Å². The van der Waals surface area contributed by atoms with Crippen LogP contribution in [0.5, 0.6) is 0 Å². The molecule has 0 aromatic heterocycles. The van der Waals surface area contributed by atoms with Gasteiger partial charge in [0.15, 0.2) is 7.05 Å². The second kappa shape index (κ2) is 3.56. The van der Waals surface area contributed by atoms with E-state index in [1.54, 1.807) is 6.92 Å². The minimum atomic E-state index is -0.329. The van der Waals surface area contributed by atoms with E-state index >= 15 is 0 Å². The first kappa shape index (κ1) is 8.56.